The Kier molecular flexibility index (Phi) is 5.77. The van der Waals surface area contributed by atoms with Crippen LogP contribution in [-0.2, 0) is 0 Å². The summed E-state index contributed by atoms with van der Waals surface area (Å²) in [5.41, 5.74) is 0.992. The molecular weight excluding hydrogens is 214 g/mol. The van der Waals surface area contributed by atoms with Gasteiger partial charge in [-0.15, -0.1) is 0 Å². The summed E-state index contributed by atoms with van der Waals surface area (Å²) in [5.74, 6) is 1.26. The standard InChI is InChI=1S/C13H23N3O/c1-4-6-14-13-8-11(5-7-15-13)16-12(9-17)10(2)3/h5,7-8,10,12,17H,4,6,9H2,1-3H3,(H2,14,15,16)/t12-/m1/s1. The number of nitrogens with one attached hydrogen (secondary N) is 2. The molecule has 0 aliphatic rings. The summed E-state index contributed by atoms with van der Waals surface area (Å²) in [7, 11) is 0. The Morgan fingerprint density at radius 1 is 1.41 bits per heavy atom. The van der Waals surface area contributed by atoms with Gasteiger partial charge >= 0.3 is 0 Å². The maximum atomic E-state index is 9.27. The molecule has 0 unspecified atom stereocenters. The molecule has 96 valence electrons. The van der Waals surface area contributed by atoms with Gasteiger partial charge in [-0.3, -0.25) is 0 Å². The van der Waals surface area contributed by atoms with Crippen LogP contribution in [0, 0.1) is 5.92 Å². The number of hydrogen-bond acceptors (Lipinski definition) is 4. The maximum Gasteiger partial charge on any atom is 0.127 e. The van der Waals surface area contributed by atoms with Gasteiger partial charge in [0.2, 0.25) is 0 Å². The van der Waals surface area contributed by atoms with Gasteiger partial charge < -0.3 is 15.7 Å². The van der Waals surface area contributed by atoms with Crippen molar-refractivity contribution >= 4 is 11.5 Å². The zero-order chi connectivity index (χ0) is 12.7. The van der Waals surface area contributed by atoms with Gasteiger partial charge in [0.15, 0.2) is 0 Å². The number of pyridine rings is 1. The first-order valence-corrected chi connectivity index (χ1v) is 6.24. The lowest BCUT2D eigenvalue weighted by atomic mass is 10.1. The minimum Gasteiger partial charge on any atom is -0.394 e. The molecule has 3 N–H and O–H groups in total. The predicted octanol–water partition coefficient (Wildman–Crippen LogP) is 2.33. The highest BCUT2D eigenvalue weighted by molar-refractivity contribution is 5.52. The highest BCUT2D eigenvalue weighted by Crippen LogP contribution is 2.15. The molecule has 1 heterocycles. The first-order valence-electron chi connectivity index (χ1n) is 6.24. The van der Waals surface area contributed by atoms with E-state index >= 15 is 0 Å². The van der Waals surface area contributed by atoms with Crippen molar-refractivity contribution in [1.29, 1.82) is 0 Å². The molecule has 0 saturated heterocycles. The zero-order valence-electron chi connectivity index (χ0n) is 10.9. The molecule has 0 spiro atoms. The van der Waals surface area contributed by atoms with Gasteiger partial charge in [0, 0.05) is 24.5 Å². The molecule has 0 radical (unpaired) electrons. The number of hydrogen-bond donors (Lipinski definition) is 3. The number of aromatic nitrogens is 1. The molecule has 1 rings (SSSR count). The maximum absolute atomic E-state index is 9.27. The van der Waals surface area contributed by atoms with Crippen LogP contribution in [0.2, 0.25) is 0 Å². The normalized spacial score (nSPS) is 12.5. The fraction of sp³-hybridized carbons (Fsp3) is 0.615. The SMILES string of the molecule is CCCNc1cc(N[C@H](CO)C(C)C)ccn1. The van der Waals surface area contributed by atoms with Crippen LogP contribution in [0.4, 0.5) is 11.5 Å². The van der Waals surface area contributed by atoms with Gasteiger partial charge in [0.1, 0.15) is 5.82 Å². The summed E-state index contributed by atoms with van der Waals surface area (Å²) < 4.78 is 0. The van der Waals surface area contributed by atoms with Crippen LogP contribution in [0.25, 0.3) is 0 Å². The third kappa shape index (κ3) is 4.61. The molecule has 0 saturated carbocycles. The smallest absolute Gasteiger partial charge is 0.127 e. The number of anilines is 2. The van der Waals surface area contributed by atoms with Crippen LogP contribution in [0.5, 0.6) is 0 Å². The Balaban J connectivity index is 2.64. The molecular formula is C13H23N3O. The van der Waals surface area contributed by atoms with E-state index in [2.05, 4.69) is 36.4 Å². The second-order valence-electron chi connectivity index (χ2n) is 4.53. The molecule has 4 heteroatoms. The fourth-order valence-electron chi connectivity index (χ4n) is 1.51. The van der Waals surface area contributed by atoms with Crippen molar-refractivity contribution < 1.29 is 5.11 Å². The quantitative estimate of drug-likeness (QED) is 0.681. The molecule has 17 heavy (non-hydrogen) atoms. The minimum absolute atomic E-state index is 0.0800. The van der Waals surface area contributed by atoms with Crippen LogP contribution in [0.1, 0.15) is 27.2 Å². The second kappa shape index (κ2) is 7.12. The first kappa shape index (κ1) is 13.8. The molecule has 1 aromatic rings. The molecule has 1 aromatic heterocycles. The zero-order valence-corrected chi connectivity index (χ0v) is 10.9. The predicted molar refractivity (Wildman–Crippen MR) is 72.4 cm³/mol. The molecule has 4 nitrogen and oxygen atoms in total. The number of aliphatic hydroxyl groups is 1. The van der Waals surface area contributed by atoms with Crippen molar-refractivity contribution in [3.05, 3.63) is 18.3 Å². The van der Waals surface area contributed by atoms with E-state index in [4.69, 9.17) is 0 Å². The van der Waals surface area contributed by atoms with Gasteiger partial charge in [-0.05, 0) is 18.4 Å². The van der Waals surface area contributed by atoms with E-state index < -0.39 is 0 Å². The van der Waals surface area contributed by atoms with Crippen molar-refractivity contribution in [3.63, 3.8) is 0 Å². The van der Waals surface area contributed by atoms with Crippen molar-refractivity contribution in [2.24, 2.45) is 5.92 Å². The third-order valence-electron chi connectivity index (χ3n) is 2.67. The average Bonchev–Trinajstić information content (AvgIpc) is 2.33. The molecule has 0 fully saturated rings. The topological polar surface area (TPSA) is 57.2 Å². The van der Waals surface area contributed by atoms with E-state index in [0.29, 0.717) is 5.92 Å². The molecule has 0 bridgehead atoms. The summed E-state index contributed by atoms with van der Waals surface area (Å²) in [6, 6.07) is 3.97. The Labute approximate surface area is 103 Å². The lowest BCUT2D eigenvalue weighted by molar-refractivity contribution is 0.249. The highest BCUT2D eigenvalue weighted by atomic mass is 16.3. The van der Waals surface area contributed by atoms with Crippen LogP contribution < -0.4 is 10.6 Å². The monoisotopic (exact) mass is 237 g/mol. The van der Waals surface area contributed by atoms with E-state index in [1.165, 1.54) is 0 Å². The first-order chi connectivity index (χ1) is 8.17. The van der Waals surface area contributed by atoms with Crippen molar-refractivity contribution in [1.82, 2.24) is 4.98 Å². The number of aliphatic hydroxyl groups excluding tert-OH is 1. The largest absolute Gasteiger partial charge is 0.394 e. The van der Waals surface area contributed by atoms with Crippen molar-refractivity contribution in [3.8, 4) is 0 Å². The molecule has 0 amide bonds. The van der Waals surface area contributed by atoms with Crippen molar-refractivity contribution in [2.75, 3.05) is 23.8 Å². The number of rotatable bonds is 7. The lowest BCUT2D eigenvalue weighted by Gasteiger charge is -2.21. The van der Waals surface area contributed by atoms with Crippen LogP contribution in [0.3, 0.4) is 0 Å². The van der Waals surface area contributed by atoms with E-state index in [9.17, 15) is 5.11 Å². The van der Waals surface area contributed by atoms with Crippen molar-refractivity contribution in [2.45, 2.75) is 33.2 Å². The van der Waals surface area contributed by atoms with E-state index in [1.807, 2.05) is 12.1 Å². The van der Waals surface area contributed by atoms with Gasteiger partial charge in [-0.25, -0.2) is 4.98 Å². The Bertz CT molecular complexity index is 328. The van der Waals surface area contributed by atoms with Crippen LogP contribution in [-0.4, -0.2) is 29.3 Å². The summed E-state index contributed by atoms with van der Waals surface area (Å²) in [5, 5.41) is 15.8. The van der Waals surface area contributed by atoms with Gasteiger partial charge in [0.05, 0.1) is 12.6 Å². The summed E-state index contributed by atoms with van der Waals surface area (Å²) in [4.78, 5) is 4.24. The van der Waals surface area contributed by atoms with E-state index in [1.54, 1.807) is 6.20 Å². The fourth-order valence-corrected chi connectivity index (χ4v) is 1.51. The molecule has 0 aromatic carbocycles. The summed E-state index contributed by atoms with van der Waals surface area (Å²) >= 11 is 0. The summed E-state index contributed by atoms with van der Waals surface area (Å²) in [6.07, 6.45) is 2.85. The Hall–Kier alpha value is -1.29. The average molecular weight is 237 g/mol. The second-order valence-corrected chi connectivity index (χ2v) is 4.53. The van der Waals surface area contributed by atoms with Crippen LogP contribution >= 0.6 is 0 Å². The molecule has 0 aliphatic heterocycles. The minimum atomic E-state index is 0.0800. The Morgan fingerprint density at radius 2 is 2.18 bits per heavy atom. The number of nitrogens with zero attached hydrogens (tertiary/aromatic N) is 1. The molecule has 0 aliphatic carbocycles. The van der Waals surface area contributed by atoms with Gasteiger partial charge in [0.25, 0.3) is 0 Å². The van der Waals surface area contributed by atoms with Gasteiger partial charge in [-0.1, -0.05) is 20.8 Å². The highest BCUT2D eigenvalue weighted by Gasteiger charge is 2.11. The van der Waals surface area contributed by atoms with Gasteiger partial charge in [-0.2, -0.15) is 0 Å². The third-order valence-corrected chi connectivity index (χ3v) is 2.67. The van der Waals surface area contributed by atoms with E-state index in [0.717, 1.165) is 24.5 Å². The summed E-state index contributed by atoms with van der Waals surface area (Å²) in [6.45, 7) is 7.36. The lowest BCUT2D eigenvalue weighted by Crippen LogP contribution is -2.29. The van der Waals surface area contributed by atoms with Crippen LogP contribution in [0.15, 0.2) is 18.3 Å². The Morgan fingerprint density at radius 3 is 2.76 bits per heavy atom. The molecule has 1 atom stereocenters. The van der Waals surface area contributed by atoms with E-state index in [-0.39, 0.29) is 12.6 Å².